The fourth-order valence-electron chi connectivity index (χ4n) is 3.85. The van der Waals surface area contributed by atoms with E-state index in [0.29, 0.717) is 22.8 Å². The van der Waals surface area contributed by atoms with Gasteiger partial charge in [0.15, 0.2) is 0 Å². The zero-order valence-corrected chi connectivity index (χ0v) is 17.8. The van der Waals surface area contributed by atoms with Gasteiger partial charge in [0.2, 0.25) is 5.92 Å². The average molecular weight is 440 g/mol. The molecule has 1 N–H and O–H groups in total. The molecule has 1 fully saturated rings. The first-order valence-electron chi connectivity index (χ1n) is 10.5. The first kappa shape index (κ1) is 21.9. The van der Waals surface area contributed by atoms with Crippen molar-refractivity contribution < 1.29 is 18.0 Å². The van der Waals surface area contributed by atoms with E-state index in [1.165, 1.54) is 24.7 Å². The van der Waals surface area contributed by atoms with Crippen LogP contribution in [0.1, 0.15) is 54.5 Å². The van der Waals surface area contributed by atoms with Crippen LogP contribution < -0.4 is 5.32 Å². The van der Waals surface area contributed by atoms with E-state index in [4.69, 9.17) is 0 Å². The maximum Gasteiger partial charge on any atom is 0.258 e. The molecule has 0 unspecified atom stereocenters. The van der Waals surface area contributed by atoms with Gasteiger partial charge in [-0.1, -0.05) is 32.0 Å². The number of hydrogen-bond donors (Lipinski definition) is 1. The number of benzene rings is 1. The van der Waals surface area contributed by atoms with Crippen molar-refractivity contribution in [1.82, 2.24) is 15.0 Å². The van der Waals surface area contributed by atoms with Gasteiger partial charge < -0.3 is 5.32 Å². The third-order valence-corrected chi connectivity index (χ3v) is 5.54. The van der Waals surface area contributed by atoms with Crippen LogP contribution in [-0.4, -0.2) is 26.8 Å². The molecule has 1 aliphatic rings. The molecule has 0 spiro atoms. The Balaban J connectivity index is 1.69. The van der Waals surface area contributed by atoms with Crippen molar-refractivity contribution in [3.8, 4) is 11.1 Å². The van der Waals surface area contributed by atoms with Gasteiger partial charge >= 0.3 is 0 Å². The van der Waals surface area contributed by atoms with Gasteiger partial charge in [0.05, 0.1) is 16.9 Å². The molecule has 0 saturated heterocycles. The lowest BCUT2D eigenvalue weighted by Crippen LogP contribution is -2.36. The molecule has 1 aliphatic carbocycles. The topological polar surface area (TPSA) is 67.8 Å². The normalized spacial score (nSPS) is 15.4. The summed E-state index contributed by atoms with van der Waals surface area (Å²) in [4.78, 5) is 25.7. The number of rotatable bonds is 6. The lowest BCUT2D eigenvalue weighted by molar-refractivity contribution is -0.109. The third kappa shape index (κ3) is 4.64. The Bertz CT molecular complexity index is 1120. The molecule has 1 aromatic carbocycles. The minimum Gasteiger partial charge on any atom is -0.320 e. The minimum absolute atomic E-state index is 0.116. The van der Waals surface area contributed by atoms with Crippen LogP contribution in [0, 0.1) is 11.7 Å². The van der Waals surface area contributed by atoms with Crippen LogP contribution >= 0.6 is 0 Å². The van der Waals surface area contributed by atoms with Crippen LogP contribution in [0.4, 0.5) is 18.9 Å². The summed E-state index contributed by atoms with van der Waals surface area (Å²) in [7, 11) is 0. The average Bonchev–Trinajstić information content (AvgIpc) is 2.74. The Morgan fingerprint density at radius 3 is 2.41 bits per heavy atom. The number of carbonyl (C=O) groups excluding carboxylic acids is 1. The number of anilines is 1. The number of aromatic nitrogens is 3. The summed E-state index contributed by atoms with van der Waals surface area (Å²) in [6.07, 6.45) is 4.18. The van der Waals surface area contributed by atoms with Crippen LogP contribution in [-0.2, 0) is 6.42 Å². The first-order chi connectivity index (χ1) is 15.2. The summed E-state index contributed by atoms with van der Waals surface area (Å²) >= 11 is 0. The van der Waals surface area contributed by atoms with Gasteiger partial charge in [0.1, 0.15) is 11.6 Å². The third-order valence-electron chi connectivity index (χ3n) is 5.54. The fraction of sp³-hybridized carbons (Fsp3) is 0.333. The van der Waals surface area contributed by atoms with E-state index in [-0.39, 0.29) is 42.2 Å². The SMILES string of the molecule is CC(C)c1ncc(C(=O)Nc2c(-c3ccccc3F)ccnc2CC2CC(F)(F)C2)cn1. The molecule has 166 valence electrons. The molecular weight excluding hydrogens is 417 g/mol. The lowest BCUT2D eigenvalue weighted by atomic mass is 9.78. The second-order valence-corrected chi connectivity index (χ2v) is 8.43. The predicted molar refractivity (Wildman–Crippen MR) is 115 cm³/mol. The highest BCUT2D eigenvalue weighted by Crippen LogP contribution is 2.45. The number of hydrogen-bond acceptors (Lipinski definition) is 4. The number of nitrogens with zero attached hydrogens (tertiary/aromatic N) is 3. The van der Waals surface area contributed by atoms with E-state index >= 15 is 0 Å². The second kappa shape index (κ2) is 8.68. The predicted octanol–water partition coefficient (Wildman–Crippen LogP) is 5.64. The highest BCUT2D eigenvalue weighted by atomic mass is 19.3. The van der Waals surface area contributed by atoms with Crippen LogP contribution in [0.15, 0.2) is 48.9 Å². The quantitative estimate of drug-likeness (QED) is 0.539. The van der Waals surface area contributed by atoms with E-state index in [1.807, 2.05) is 13.8 Å². The van der Waals surface area contributed by atoms with Crippen LogP contribution in [0.5, 0.6) is 0 Å². The van der Waals surface area contributed by atoms with Gasteiger partial charge in [-0.05, 0) is 24.5 Å². The summed E-state index contributed by atoms with van der Waals surface area (Å²) in [6.45, 7) is 3.89. The summed E-state index contributed by atoms with van der Waals surface area (Å²) < 4.78 is 41.3. The Morgan fingerprint density at radius 2 is 1.78 bits per heavy atom. The van der Waals surface area contributed by atoms with Crippen LogP contribution in [0.2, 0.25) is 0 Å². The molecule has 8 heteroatoms. The fourth-order valence-corrected chi connectivity index (χ4v) is 3.85. The molecule has 0 atom stereocenters. The molecule has 0 aliphatic heterocycles. The summed E-state index contributed by atoms with van der Waals surface area (Å²) in [5, 5.41) is 2.81. The monoisotopic (exact) mass is 440 g/mol. The van der Waals surface area contributed by atoms with Crippen molar-refractivity contribution in [3.63, 3.8) is 0 Å². The van der Waals surface area contributed by atoms with Gasteiger partial charge in [-0.15, -0.1) is 0 Å². The summed E-state index contributed by atoms with van der Waals surface area (Å²) in [5.74, 6) is -3.12. The first-order valence-corrected chi connectivity index (χ1v) is 10.5. The van der Waals surface area contributed by atoms with Crippen molar-refractivity contribution >= 4 is 11.6 Å². The van der Waals surface area contributed by atoms with Gasteiger partial charge in [-0.2, -0.15) is 0 Å². The summed E-state index contributed by atoms with van der Waals surface area (Å²) in [6, 6.07) is 7.79. The molecule has 3 aromatic rings. The van der Waals surface area contributed by atoms with E-state index in [0.717, 1.165) is 0 Å². The van der Waals surface area contributed by atoms with Gasteiger partial charge in [-0.3, -0.25) is 9.78 Å². The number of nitrogens with one attached hydrogen (secondary N) is 1. The van der Waals surface area contributed by atoms with Crippen LogP contribution in [0.25, 0.3) is 11.1 Å². The maximum absolute atomic E-state index is 14.6. The lowest BCUT2D eigenvalue weighted by Gasteiger charge is -2.35. The van der Waals surface area contributed by atoms with Gasteiger partial charge in [-0.25, -0.2) is 23.1 Å². The number of pyridine rings is 1. The van der Waals surface area contributed by atoms with E-state index < -0.39 is 17.6 Å². The molecule has 2 aromatic heterocycles. The highest BCUT2D eigenvalue weighted by Gasteiger charge is 2.45. The van der Waals surface area contributed by atoms with Crippen molar-refractivity contribution in [3.05, 3.63) is 71.8 Å². The zero-order valence-electron chi connectivity index (χ0n) is 17.8. The molecule has 32 heavy (non-hydrogen) atoms. The molecular formula is C24H23F3N4O. The number of amides is 1. The largest absolute Gasteiger partial charge is 0.320 e. The Hall–Kier alpha value is -3.29. The van der Waals surface area contributed by atoms with Gasteiger partial charge in [0, 0.05) is 48.5 Å². The number of carbonyl (C=O) groups is 1. The van der Waals surface area contributed by atoms with E-state index in [9.17, 15) is 18.0 Å². The number of halogens is 3. The molecule has 4 rings (SSSR count). The molecule has 5 nitrogen and oxygen atoms in total. The molecule has 2 heterocycles. The van der Waals surface area contributed by atoms with Crippen LogP contribution in [0.3, 0.4) is 0 Å². The standard InChI is InChI=1S/C24H23F3N4O/c1-14(2)22-29-12-16(13-30-22)23(32)31-21-18(17-5-3-4-6-19(17)25)7-8-28-20(21)9-15-10-24(26,27)11-15/h3-8,12-15H,9-11H2,1-2H3,(H,31,32). The highest BCUT2D eigenvalue weighted by molar-refractivity contribution is 6.06. The van der Waals surface area contributed by atoms with Gasteiger partial charge in [0.25, 0.3) is 5.91 Å². The molecule has 1 amide bonds. The molecule has 0 bridgehead atoms. The smallest absolute Gasteiger partial charge is 0.258 e. The van der Waals surface area contributed by atoms with E-state index in [1.54, 1.807) is 24.3 Å². The Morgan fingerprint density at radius 1 is 1.09 bits per heavy atom. The second-order valence-electron chi connectivity index (χ2n) is 8.43. The van der Waals surface area contributed by atoms with E-state index in [2.05, 4.69) is 20.3 Å². The zero-order chi connectivity index (χ0) is 22.9. The molecule has 1 saturated carbocycles. The Kier molecular flexibility index (Phi) is 5.95. The number of alkyl halides is 2. The Labute approximate surface area is 184 Å². The van der Waals surface area contributed by atoms with Crippen molar-refractivity contribution in [2.75, 3.05) is 5.32 Å². The van der Waals surface area contributed by atoms with Crippen molar-refractivity contribution in [2.45, 2.75) is 45.0 Å². The van der Waals surface area contributed by atoms with Crippen molar-refractivity contribution in [2.24, 2.45) is 5.92 Å². The summed E-state index contributed by atoms with van der Waals surface area (Å²) in [5.41, 5.74) is 1.72. The maximum atomic E-state index is 14.6. The molecule has 0 radical (unpaired) electrons. The minimum atomic E-state index is -2.66. The van der Waals surface area contributed by atoms with Crippen molar-refractivity contribution in [1.29, 1.82) is 0 Å².